The first kappa shape index (κ1) is 30.4. The predicted octanol–water partition coefficient (Wildman–Crippen LogP) is 7.36. The summed E-state index contributed by atoms with van der Waals surface area (Å²) in [6, 6.07) is 7.43. The Morgan fingerprint density at radius 3 is 1.84 bits per heavy atom. The zero-order chi connectivity index (χ0) is 31.4. The fraction of sp³-hybridized carbons (Fsp3) is 0.667. The molecule has 2 heterocycles. The van der Waals surface area contributed by atoms with Gasteiger partial charge in [-0.2, -0.15) is 16.8 Å². The molecule has 6 aliphatic rings. The molecule has 9 atom stereocenters. The van der Waals surface area contributed by atoms with Crippen LogP contribution in [0.3, 0.4) is 0 Å². The summed E-state index contributed by atoms with van der Waals surface area (Å²) in [6.07, 6.45) is 10.5. The first-order valence-corrected chi connectivity index (χ1v) is 20.2. The van der Waals surface area contributed by atoms with Crippen molar-refractivity contribution in [1.29, 1.82) is 0 Å². The SMILES string of the molecule is Cc1cc(S(=O)(=O)O)c(C(C)C)cc1OS(=O)(=O)c1c(C2CC3CCC2C3)cc(C2CN3CCC2C3)cc1C1CC2CCC1C2. The minimum atomic E-state index is -4.48. The van der Waals surface area contributed by atoms with Gasteiger partial charge in [0, 0.05) is 19.0 Å². The van der Waals surface area contributed by atoms with Gasteiger partial charge in [-0.3, -0.25) is 4.55 Å². The summed E-state index contributed by atoms with van der Waals surface area (Å²) in [5.74, 6) is 3.78. The van der Waals surface area contributed by atoms with E-state index in [-0.39, 0.29) is 28.4 Å². The third-order valence-corrected chi connectivity index (χ3v) is 15.1. The van der Waals surface area contributed by atoms with Crippen LogP contribution in [0.15, 0.2) is 34.1 Å². The molecule has 45 heavy (non-hydrogen) atoms. The van der Waals surface area contributed by atoms with Crippen molar-refractivity contribution in [2.75, 3.05) is 19.6 Å². The van der Waals surface area contributed by atoms with Gasteiger partial charge in [0.25, 0.3) is 10.1 Å². The Hall–Kier alpha value is -1.94. The van der Waals surface area contributed by atoms with Gasteiger partial charge in [0.2, 0.25) is 0 Å². The molecule has 2 aliphatic heterocycles. The molecular weight excluding hydrogens is 607 g/mol. The Morgan fingerprint density at radius 1 is 0.778 bits per heavy atom. The summed E-state index contributed by atoms with van der Waals surface area (Å²) in [5, 5.41) is 0. The first-order valence-electron chi connectivity index (χ1n) is 17.3. The summed E-state index contributed by atoms with van der Waals surface area (Å²) in [5.41, 5.74) is 4.04. The number of nitrogens with zero attached hydrogens (tertiary/aromatic N) is 1. The van der Waals surface area contributed by atoms with Crippen molar-refractivity contribution < 1.29 is 25.6 Å². The zero-order valence-corrected chi connectivity index (χ0v) is 28.4. The van der Waals surface area contributed by atoms with E-state index >= 15 is 0 Å². The van der Waals surface area contributed by atoms with Crippen molar-refractivity contribution in [1.82, 2.24) is 4.90 Å². The summed E-state index contributed by atoms with van der Waals surface area (Å²) in [7, 11) is -8.75. The molecule has 4 saturated carbocycles. The molecule has 0 aromatic heterocycles. The number of hydrogen-bond acceptors (Lipinski definition) is 6. The Morgan fingerprint density at radius 2 is 1.40 bits per heavy atom. The molecule has 6 bridgehead atoms. The van der Waals surface area contributed by atoms with E-state index in [1.54, 1.807) is 6.92 Å². The third kappa shape index (κ3) is 5.19. The number of fused-ring (bicyclic) bond motifs is 6. The van der Waals surface area contributed by atoms with E-state index in [4.69, 9.17) is 4.18 Å². The molecule has 0 amide bonds. The molecule has 1 N–H and O–H groups in total. The monoisotopic (exact) mass is 653 g/mol. The molecule has 9 unspecified atom stereocenters. The Bertz CT molecular complexity index is 1700. The van der Waals surface area contributed by atoms with Crippen LogP contribution in [0.1, 0.15) is 123 Å². The van der Waals surface area contributed by atoms with Crippen molar-refractivity contribution in [2.45, 2.75) is 112 Å². The molecule has 0 spiro atoms. The van der Waals surface area contributed by atoms with Gasteiger partial charge in [0.05, 0.1) is 4.90 Å². The van der Waals surface area contributed by atoms with Crippen LogP contribution < -0.4 is 4.18 Å². The Kier molecular flexibility index (Phi) is 7.29. The number of benzene rings is 2. The summed E-state index contributed by atoms with van der Waals surface area (Å²) in [6.45, 7) is 8.68. The van der Waals surface area contributed by atoms with Crippen LogP contribution in [0.2, 0.25) is 0 Å². The first-order chi connectivity index (χ1) is 21.4. The lowest BCUT2D eigenvalue weighted by molar-refractivity contribution is 0.345. The van der Waals surface area contributed by atoms with Crippen LogP contribution in [0.25, 0.3) is 0 Å². The van der Waals surface area contributed by atoms with Crippen molar-refractivity contribution in [3.8, 4) is 5.75 Å². The van der Waals surface area contributed by atoms with Crippen molar-refractivity contribution >= 4 is 20.2 Å². The van der Waals surface area contributed by atoms with Gasteiger partial charge in [0.1, 0.15) is 10.6 Å². The lowest BCUT2D eigenvalue weighted by Gasteiger charge is -2.32. The average Bonchev–Trinajstić information content (AvgIpc) is 3.85. The van der Waals surface area contributed by atoms with Crippen LogP contribution in [-0.4, -0.2) is 45.9 Å². The zero-order valence-electron chi connectivity index (χ0n) is 26.7. The van der Waals surface area contributed by atoms with Crippen molar-refractivity contribution in [3.63, 3.8) is 0 Å². The minimum Gasteiger partial charge on any atom is -0.379 e. The number of aryl methyl sites for hydroxylation is 1. The minimum absolute atomic E-state index is 0.133. The maximum atomic E-state index is 14.8. The molecule has 244 valence electrons. The molecule has 2 aromatic carbocycles. The highest BCUT2D eigenvalue weighted by Crippen LogP contribution is 2.58. The number of hydrogen-bond donors (Lipinski definition) is 1. The molecule has 2 aromatic rings. The van der Waals surface area contributed by atoms with Crippen molar-refractivity contribution in [2.24, 2.45) is 29.6 Å². The summed E-state index contributed by atoms with van der Waals surface area (Å²) >= 11 is 0. The highest BCUT2D eigenvalue weighted by molar-refractivity contribution is 7.87. The van der Waals surface area contributed by atoms with Gasteiger partial charge in [-0.25, -0.2) is 0 Å². The molecule has 6 fully saturated rings. The molecular formula is C36H47NO6S2. The maximum Gasteiger partial charge on any atom is 0.339 e. The summed E-state index contributed by atoms with van der Waals surface area (Å²) < 4.78 is 70.2. The normalized spacial score (nSPS) is 35.3. The Balaban J connectivity index is 1.29. The fourth-order valence-corrected chi connectivity index (χ4v) is 13.2. The maximum absolute atomic E-state index is 14.8. The van der Waals surface area contributed by atoms with Crippen LogP contribution in [0.5, 0.6) is 5.75 Å². The lowest BCUT2D eigenvalue weighted by atomic mass is 9.76. The second-order valence-corrected chi connectivity index (χ2v) is 18.7. The number of piperidine rings is 1. The second kappa shape index (κ2) is 10.8. The van der Waals surface area contributed by atoms with Crippen LogP contribution in [-0.2, 0) is 20.2 Å². The molecule has 0 radical (unpaired) electrons. The number of rotatable bonds is 8. The second-order valence-electron chi connectivity index (χ2n) is 15.8. The third-order valence-electron chi connectivity index (χ3n) is 12.9. The Labute approximate surface area is 269 Å². The highest BCUT2D eigenvalue weighted by Gasteiger charge is 2.48. The van der Waals surface area contributed by atoms with E-state index in [1.165, 1.54) is 56.3 Å². The summed E-state index contributed by atoms with van der Waals surface area (Å²) in [4.78, 5) is 2.79. The van der Waals surface area contributed by atoms with Crippen LogP contribution >= 0.6 is 0 Å². The van der Waals surface area contributed by atoms with E-state index in [9.17, 15) is 21.4 Å². The van der Waals surface area contributed by atoms with E-state index in [1.807, 2.05) is 13.8 Å². The molecule has 7 nitrogen and oxygen atoms in total. The standard InChI is InChI=1S/C36H47NO6S2/c1-20(2)28-17-34(21(3)10-35(28)44(38,39)40)43-45(41,42)36-31(29-13-22-4-6-24(29)11-22)15-27(33-19-37-9-8-26(33)18-37)16-32(36)30-14-23-5-7-25(30)12-23/h10,15-17,20,22-26,29-30,33H,4-9,11-14,18-19H2,1-3H3,(H,38,39,40). The topological polar surface area (TPSA) is 101 Å². The van der Waals surface area contributed by atoms with Crippen LogP contribution in [0, 0.1) is 36.5 Å². The highest BCUT2D eigenvalue weighted by atomic mass is 32.2. The van der Waals surface area contributed by atoms with Gasteiger partial charge >= 0.3 is 10.1 Å². The largest absolute Gasteiger partial charge is 0.379 e. The smallest absolute Gasteiger partial charge is 0.339 e. The molecule has 2 saturated heterocycles. The van der Waals surface area contributed by atoms with Gasteiger partial charge in [0.15, 0.2) is 0 Å². The average molecular weight is 654 g/mol. The molecule has 9 heteroatoms. The van der Waals surface area contributed by atoms with Gasteiger partial charge < -0.3 is 9.08 Å². The quantitative estimate of drug-likeness (QED) is 0.235. The fourth-order valence-electron chi connectivity index (χ4n) is 10.8. The van der Waals surface area contributed by atoms with E-state index in [0.29, 0.717) is 51.5 Å². The van der Waals surface area contributed by atoms with E-state index < -0.39 is 20.2 Å². The van der Waals surface area contributed by atoms with Crippen LogP contribution in [0.4, 0.5) is 0 Å². The van der Waals surface area contributed by atoms with E-state index in [0.717, 1.165) is 49.9 Å². The van der Waals surface area contributed by atoms with E-state index in [2.05, 4.69) is 17.0 Å². The lowest BCUT2D eigenvalue weighted by Crippen LogP contribution is -2.25. The predicted molar refractivity (Wildman–Crippen MR) is 173 cm³/mol. The van der Waals surface area contributed by atoms with Gasteiger partial charge in [-0.15, -0.1) is 0 Å². The van der Waals surface area contributed by atoms with Crippen molar-refractivity contribution in [3.05, 3.63) is 52.1 Å². The van der Waals surface area contributed by atoms with Gasteiger partial charge in [-0.05, 0) is 146 Å². The molecule has 4 aliphatic carbocycles. The van der Waals surface area contributed by atoms with Gasteiger partial charge in [-0.1, -0.05) is 38.8 Å². The molecule has 8 rings (SSSR count).